The molecule has 3 heterocycles. The molecule has 0 bridgehead atoms. The second-order valence-corrected chi connectivity index (χ2v) is 11.0. The number of anilines is 2. The van der Waals surface area contributed by atoms with Gasteiger partial charge in [0.1, 0.15) is 23.4 Å². The monoisotopic (exact) mass is 590 g/mol. The van der Waals surface area contributed by atoms with Gasteiger partial charge in [-0.1, -0.05) is 30.3 Å². The predicted molar refractivity (Wildman–Crippen MR) is 168 cm³/mol. The molecule has 2 aliphatic heterocycles. The van der Waals surface area contributed by atoms with Crippen molar-refractivity contribution in [3.05, 3.63) is 102 Å². The zero-order valence-electron chi connectivity index (χ0n) is 24.2. The standard InChI is InChI=1S/C34H34N6O4/c35-33(42)28-14-16-30(37-32(28)24-8-12-27(13-9-24)44-26-4-2-1-3-5-26)40-20-18-39(19-21-40)22-23-6-10-25(11-7-23)36-29-15-17-31(41)38-34(29)43/h1-14,16,29,36H,15,17-22H2,(H2,35,42)(H,38,41,43). The zero-order chi connectivity index (χ0) is 30.5. The van der Waals surface area contributed by atoms with Crippen LogP contribution in [0, 0.1) is 0 Å². The highest BCUT2D eigenvalue weighted by atomic mass is 16.5. The number of piperidine rings is 1. The van der Waals surface area contributed by atoms with E-state index in [1.807, 2.05) is 72.8 Å². The number of aromatic nitrogens is 1. The molecule has 0 saturated carbocycles. The number of rotatable bonds is 9. The molecule has 1 atom stereocenters. The Morgan fingerprint density at radius 2 is 1.59 bits per heavy atom. The molecule has 44 heavy (non-hydrogen) atoms. The number of primary amides is 1. The molecule has 1 aromatic heterocycles. The number of pyridine rings is 1. The molecule has 2 saturated heterocycles. The number of carbonyl (C=O) groups is 3. The number of para-hydroxylation sites is 1. The van der Waals surface area contributed by atoms with E-state index in [-0.39, 0.29) is 11.8 Å². The van der Waals surface area contributed by atoms with Gasteiger partial charge in [-0.25, -0.2) is 4.98 Å². The van der Waals surface area contributed by atoms with Crippen LogP contribution in [0.3, 0.4) is 0 Å². The molecule has 3 amide bonds. The normalized spacial score (nSPS) is 17.2. The average Bonchev–Trinajstić information content (AvgIpc) is 3.04. The van der Waals surface area contributed by atoms with E-state index in [2.05, 4.69) is 32.6 Å². The predicted octanol–water partition coefficient (Wildman–Crippen LogP) is 4.18. The first-order valence-corrected chi connectivity index (χ1v) is 14.7. The Morgan fingerprint density at radius 3 is 2.27 bits per heavy atom. The first kappa shape index (κ1) is 28.9. The van der Waals surface area contributed by atoms with Crippen molar-refractivity contribution in [1.29, 1.82) is 0 Å². The van der Waals surface area contributed by atoms with Crippen LogP contribution in [-0.4, -0.2) is 59.8 Å². The van der Waals surface area contributed by atoms with Gasteiger partial charge in [-0.3, -0.25) is 24.6 Å². The summed E-state index contributed by atoms with van der Waals surface area (Å²) in [5, 5.41) is 5.60. The number of imide groups is 1. The molecule has 0 radical (unpaired) electrons. The fourth-order valence-corrected chi connectivity index (χ4v) is 5.48. The van der Waals surface area contributed by atoms with Gasteiger partial charge in [0.15, 0.2) is 0 Å². The number of piperazine rings is 1. The van der Waals surface area contributed by atoms with Crippen LogP contribution in [0.2, 0.25) is 0 Å². The van der Waals surface area contributed by atoms with Crippen LogP contribution in [0.25, 0.3) is 11.3 Å². The van der Waals surface area contributed by atoms with Gasteiger partial charge in [-0.05, 0) is 72.6 Å². The van der Waals surface area contributed by atoms with E-state index in [1.165, 1.54) is 5.56 Å². The lowest BCUT2D eigenvalue weighted by atomic mass is 10.0. The Kier molecular flexibility index (Phi) is 8.51. The third-order valence-electron chi connectivity index (χ3n) is 7.89. The largest absolute Gasteiger partial charge is 0.457 e. The number of amides is 3. The highest BCUT2D eigenvalue weighted by molar-refractivity contribution is 6.01. The maximum atomic E-state index is 12.3. The summed E-state index contributed by atoms with van der Waals surface area (Å²) >= 11 is 0. The van der Waals surface area contributed by atoms with E-state index in [4.69, 9.17) is 15.5 Å². The maximum absolute atomic E-state index is 12.3. The molecule has 224 valence electrons. The minimum Gasteiger partial charge on any atom is -0.457 e. The Balaban J connectivity index is 1.07. The smallest absolute Gasteiger partial charge is 0.250 e. The van der Waals surface area contributed by atoms with E-state index in [0.29, 0.717) is 29.8 Å². The molecular formula is C34H34N6O4. The molecule has 2 fully saturated rings. The summed E-state index contributed by atoms with van der Waals surface area (Å²) in [6.45, 7) is 4.11. The molecule has 2 aliphatic rings. The fourth-order valence-electron chi connectivity index (χ4n) is 5.48. The van der Waals surface area contributed by atoms with E-state index < -0.39 is 11.9 Å². The molecule has 10 nitrogen and oxygen atoms in total. The quantitative estimate of drug-likeness (QED) is 0.248. The van der Waals surface area contributed by atoms with E-state index >= 15 is 0 Å². The molecular weight excluding hydrogens is 556 g/mol. The van der Waals surface area contributed by atoms with Crippen molar-refractivity contribution in [2.24, 2.45) is 5.73 Å². The highest BCUT2D eigenvalue weighted by Crippen LogP contribution is 2.29. The van der Waals surface area contributed by atoms with E-state index in [0.717, 1.165) is 55.5 Å². The summed E-state index contributed by atoms with van der Waals surface area (Å²) in [6, 6.07) is 28.3. The van der Waals surface area contributed by atoms with Crippen LogP contribution in [0.5, 0.6) is 11.5 Å². The van der Waals surface area contributed by atoms with Gasteiger partial charge < -0.3 is 20.7 Å². The van der Waals surface area contributed by atoms with Crippen LogP contribution in [-0.2, 0) is 16.1 Å². The van der Waals surface area contributed by atoms with Crippen molar-refractivity contribution < 1.29 is 19.1 Å². The summed E-state index contributed by atoms with van der Waals surface area (Å²) in [6.07, 6.45) is 0.839. The topological polar surface area (TPSA) is 130 Å². The third-order valence-corrected chi connectivity index (χ3v) is 7.89. The number of benzene rings is 3. The van der Waals surface area contributed by atoms with E-state index in [1.54, 1.807) is 6.07 Å². The van der Waals surface area contributed by atoms with Gasteiger partial charge in [-0.2, -0.15) is 0 Å². The van der Waals surface area contributed by atoms with Crippen molar-refractivity contribution in [1.82, 2.24) is 15.2 Å². The number of nitrogens with one attached hydrogen (secondary N) is 2. The molecule has 10 heteroatoms. The van der Waals surface area contributed by atoms with Crippen molar-refractivity contribution in [3.63, 3.8) is 0 Å². The third kappa shape index (κ3) is 6.87. The van der Waals surface area contributed by atoms with E-state index in [9.17, 15) is 14.4 Å². The molecule has 6 rings (SSSR count). The maximum Gasteiger partial charge on any atom is 0.250 e. The SMILES string of the molecule is NC(=O)c1ccc(N2CCN(Cc3ccc(NC4CCC(=O)NC4=O)cc3)CC2)nc1-c1ccc(Oc2ccccc2)cc1. The van der Waals surface area contributed by atoms with Crippen LogP contribution in [0.1, 0.15) is 28.8 Å². The molecule has 0 aliphatic carbocycles. The number of hydrogen-bond acceptors (Lipinski definition) is 8. The molecule has 1 unspecified atom stereocenters. The Labute approximate surface area is 255 Å². The first-order valence-electron chi connectivity index (χ1n) is 14.7. The number of hydrogen-bond donors (Lipinski definition) is 3. The summed E-state index contributed by atoms with van der Waals surface area (Å²) in [5.74, 6) is 1.22. The summed E-state index contributed by atoms with van der Waals surface area (Å²) in [7, 11) is 0. The minimum absolute atomic E-state index is 0.220. The Bertz CT molecular complexity index is 1640. The van der Waals surface area contributed by atoms with Gasteiger partial charge in [0, 0.05) is 50.4 Å². The van der Waals surface area contributed by atoms with Gasteiger partial charge in [0.05, 0.1) is 11.3 Å². The minimum atomic E-state index is -0.521. The summed E-state index contributed by atoms with van der Waals surface area (Å²) in [4.78, 5) is 45.2. The second-order valence-electron chi connectivity index (χ2n) is 11.0. The van der Waals surface area contributed by atoms with Crippen LogP contribution in [0.15, 0.2) is 91.0 Å². The molecule has 0 spiro atoms. The molecule has 4 aromatic rings. The zero-order valence-corrected chi connectivity index (χ0v) is 24.2. The molecule has 4 N–H and O–H groups in total. The second kappa shape index (κ2) is 13.0. The fraction of sp³-hybridized carbons (Fsp3) is 0.235. The lowest BCUT2D eigenvalue weighted by molar-refractivity contribution is -0.133. The highest BCUT2D eigenvalue weighted by Gasteiger charge is 2.26. The van der Waals surface area contributed by atoms with Crippen LogP contribution < -0.4 is 26.0 Å². The van der Waals surface area contributed by atoms with Crippen molar-refractivity contribution in [2.45, 2.75) is 25.4 Å². The van der Waals surface area contributed by atoms with Crippen molar-refractivity contribution in [2.75, 3.05) is 36.4 Å². The van der Waals surface area contributed by atoms with Gasteiger partial charge in [-0.15, -0.1) is 0 Å². The van der Waals surface area contributed by atoms with Crippen LogP contribution in [0.4, 0.5) is 11.5 Å². The number of carbonyl (C=O) groups excluding carboxylic acids is 3. The van der Waals surface area contributed by atoms with Gasteiger partial charge in [0.2, 0.25) is 11.8 Å². The lowest BCUT2D eigenvalue weighted by Gasteiger charge is -2.35. The van der Waals surface area contributed by atoms with Crippen LogP contribution >= 0.6 is 0 Å². The van der Waals surface area contributed by atoms with Crippen molar-refractivity contribution in [3.8, 4) is 22.8 Å². The van der Waals surface area contributed by atoms with Gasteiger partial charge >= 0.3 is 0 Å². The summed E-state index contributed by atoms with van der Waals surface area (Å²) in [5.41, 5.74) is 9.46. The van der Waals surface area contributed by atoms with Crippen molar-refractivity contribution >= 4 is 29.2 Å². The number of nitrogens with two attached hydrogens (primary N) is 1. The molecule has 3 aromatic carbocycles. The van der Waals surface area contributed by atoms with Gasteiger partial charge in [0.25, 0.3) is 5.91 Å². The number of nitrogens with zero attached hydrogens (tertiary/aromatic N) is 3. The lowest BCUT2D eigenvalue weighted by Crippen LogP contribution is -2.47. The Morgan fingerprint density at radius 1 is 0.886 bits per heavy atom. The number of ether oxygens (including phenoxy) is 1. The first-order chi connectivity index (χ1) is 21.4. The Hall–Kier alpha value is -5.22. The average molecular weight is 591 g/mol. The summed E-state index contributed by atoms with van der Waals surface area (Å²) < 4.78 is 5.91.